The van der Waals surface area contributed by atoms with E-state index in [-0.39, 0.29) is 32.1 Å². The highest BCUT2D eigenvalue weighted by Gasteiger charge is 2.13. The van der Waals surface area contributed by atoms with Gasteiger partial charge in [0, 0.05) is 6.54 Å². The minimum atomic E-state index is -3.52. The number of methoxy groups -OCH3 is 1. The number of hydrogen-bond acceptors (Lipinski definition) is 6. The van der Waals surface area contributed by atoms with E-state index >= 15 is 0 Å². The Balaban J connectivity index is 2.56. The third-order valence-electron chi connectivity index (χ3n) is 2.51. The molecule has 0 bridgehead atoms. The fourth-order valence-corrected chi connectivity index (χ4v) is 2.73. The van der Waals surface area contributed by atoms with E-state index in [1.165, 1.54) is 13.2 Å². The number of esters is 1. The molecule has 0 aliphatic heterocycles. The van der Waals surface area contributed by atoms with Crippen LogP contribution in [0.1, 0.15) is 15.9 Å². The highest BCUT2D eigenvalue weighted by Crippen LogP contribution is 2.09. The normalized spacial score (nSPS) is 11.3. The number of hydrogen-bond donors (Lipinski definition) is 2. The van der Waals surface area contributed by atoms with Crippen molar-refractivity contribution in [2.24, 2.45) is 0 Å². The van der Waals surface area contributed by atoms with Gasteiger partial charge < -0.3 is 14.6 Å². The maximum atomic E-state index is 11.9. The van der Waals surface area contributed by atoms with Gasteiger partial charge in [-0.3, -0.25) is 0 Å². The molecule has 0 aliphatic rings. The summed E-state index contributed by atoms with van der Waals surface area (Å²) in [4.78, 5) is 11.4. The van der Waals surface area contributed by atoms with Crippen molar-refractivity contribution < 1.29 is 27.8 Å². The largest absolute Gasteiger partial charge is 0.465 e. The molecule has 118 valence electrons. The lowest BCUT2D eigenvalue weighted by Crippen LogP contribution is -2.29. The molecule has 0 amide bonds. The number of benzene rings is 1. The summed E-state index contributed by atoms with van der Waals surface area (Å²) in [5.41, 5.74) is 0.790. The molecule has 0 radical (unpaired) electrons. The number of carbonyl (C=O) groups is 1. The topological polar surface area (TPSA) is 102 Å². The predicted molar refractivity (Wildman–Crippen MR) is 76.3 cm³/mol. The van der Waals surface area contributed by atoms with Crippen LogP contribution < -0.4 is 4.72 Å². The van der Waals surface area contributed by atoms with Crippen LogP contribution in [0.25, 0.3) is 0 Å². The molecule has 0 unspecified atom stereocenters. The van der Waals surface area contributed by atoms with Crippen LogP contribution in [0.2, 0.25) is 0 Å². The Morgan fingerprint density at radius 1 is 1.33 bits per heavy atom. The van der Waals surface area contributed by atoms with Crippen LogP contribution in [0.5, 0.6) is 0 Å². The molecule has 0 atom stereocenters. The van der Waals surface area contributed by atoms with Crippen LogP contribution in [0.15, 0.2) is 24.3 Å². The molecular formula is C13H19NO6S. The van der Waals surface area contributed by atoms with Crippen molar-refractivity contribution in [1.29, 1.82) is 0 Å². The number of aliphatic hydroxyl groups is 1. The predicted octanol–water partition coefficient (Wildman–Crippen LogP) is -0.0985. The van der Waals surface area contributed by atoms with Crippen molar-refractivity contribution in [2.75, 3.05) is 33.5 Å². The molecule has 0 aromatic heterocycles. The molecule has 0 fully saturated rings. The van der Waals surface area contributed by atoms with E-state index in [9.17, 15) is 13.2 Å². The summed E-state index contributed by atoms with van der Waals surface area (Å²) in [6.07, 6.45) is 0. The standard InChI is InChI=1S/C13H19NO6S/c1-19-13(16)12-4-2-3-11(9-12)10-21(17,18)14-5-7-20-8-6-15/h2-4,9,14-15H,5-8,10H2,1H3. The second kappa shape index (κ2) is 8.73. The SMILES string of the molecule is COC(=O)c1cccc(CS(=O)(=O)NCCOCCO)c1. The quantitative estimate of drug-likeness (QED) is 0.487. The van der Waals surface area contributed by atoms with Crippen LogP contribution in [0.4, 0.5) is 0 Å². The molecule has 0 saturated heterocycles. The van der Waals surface area contributed by atoms with Crippen LogP contribution >= 0.6 is 0 Å². The van der Waals surface area contributed by atoms with Gasteiger partial charge in [0.25, 0.3) is 0 Å². The first-order valence-electron chi connectivity index (χ1n) is 6.31. The van der Waals surface area contributed by atoms with E-state index in [1.807, 2.05) is 0 Å². The van der Waals surface area contributed by atoms with Crippen molar-refractivity contribution >= 4 is 16.0 Å². The van der Waals surface area contributed by atoms with Gasteiger partial charge in [-0.15, -0.1) is 0 Å². The molecule has 21 heavy (non-hydrogen) atoms. The fraction of sp³-hybridized carbons (Fsp3) is 0.462. The van der Waals surface area contributed by atoms with Crippen LogP contribution in [0, 0.1) is 0 Å². The van der Waals surface area contributed by atoms with Gasteiger partial charge in [0.2, 0.25) is 10.0 Å². The van der Waals surface area contributed by atoms with Gasteiger partial charge in [0.15, 0.2) is 0 Å². The lowest BCUT2D eigenvalue weighted by atomic mass is 10.1. The molecular weight excluding hydrogens is 298 g/mol. The van der Waals surface area contributed by atoms with Crippen LogP contribution in [0.3, 0.4) is 0 Å². The molecule has 7 nitrogen and oxygen atoms in total. The number of ether oxygens (including phenoxy) is 2. The highest BCUT2D eigenvalue weighted by atomic mass is 32.2. The molecule has 1 aromatic rings. The Morgan fingerprint density at radius 2 is 2.10 bits per heavy atom. The number of carbonyl (C=O) groups excluding carboxylic acids is 1. The number of aliphatic hydroxyl groups excluding tert-OH is 1. The Labute approximate surface area is 123 Å². The zero-order valence-corrected chi connectivity index (χ0v) is 12.6. The number of sulfonamides is 1. The van der Waals surface area contributed by atoms with Gasteiger partial charge in [-0.1, -0.05) is 12.1 Å². The third-order valence-corrected chi connectivity index (χ3v) is 3.87. The maximum absolute atomic E-state index is 11.9. The van der Waals surface area contributed by atoms with E-state index in [0.29, 0.717) is 11.1 Å². The smallest absolute Gasteiger partial charge is 0.337 e. The molecule has 0 aliphatic carbocycles. The molecule has 1 aromatic carbocycles. The Hall–Kier alpha value is -1.48. The van der Waals surface area contributed by atoms with E-state index in [2.05, 4.69) is 9.46 Å². The van der Waals surface area contributed by atoms with Gasteiger partial charge >= 0.3 is 5.97 Å². The van der Waals surface area contributed by atoms with Gasteiger partial charge in [-0.25, -0.2) is 17.9 Å². The summed E-state index contributed by atoms with van der Waals surface area (Å²) >= 11 is 0. The van der Waals surface area contributed by atoms with Crippen molar-refractivity contribution in [3.05, 3.63) is 35.4 Å². The van der Waals surface area contributed by atoms with E-state index in [0.717, 1.165) is 0 Å². The number of rotatable bonds is 9. The highest BCUT2D eigenvalue weighted by molar-refractivity contribution is 7.88. The molecule has 1 rings (SSSR count). The summed E-state index contributed by atoms with van der Waals surface area (Å²) in [6, 6.07) is 6.25. The van der Waals surface area contributed by atoms with Crippen LogP contribution in [-0.2, 0) is 25.2 Å². The maximum Gasteiger partial charge on any atom is 0.337 e. The van der Waals surface area contributed by atoms with Crippen molar-refractivity contribution in [3.63, 3.8) is 0 Å². The van der Waals surface area contributed by atoms with E-state index in [1.54, 1.807) is 18.2 Å². The second-order valence-corrected chi connectivity index (χ2v) is 5.99. The first-order chi connectivity index (χ1) is 9.98. The average molecular weight is 317 g/mol. The van der Waals surface area contributed by atoms with Gasteiger partial charge in [0.1, 0.15) is 0 Å². The Bertz CT molecular complexity index is 558. The minimum absolute atomic E-state index is 0.104. The first-order valence-corrected chi connectivity index (χ1v) is 7.97. The fourth-order valence-electron chi connectivity index (χ4n) is 1.61. The summed E-state index contributed by atoms with van der Waals surface area (Å²) in [5, 5.41) is 8.51. The summed E-state index contributed by atoms with van der Waals surface area (Å²) in [6.45, 7) is 0.372. The summed E-state index contributed by atoms with van der Waals surface area (Å²) < 4.78 is 35.6. The van der Waals surface area contributed by atoms with Crippen molar-refractivity contribution in [3.8, 4) is 0 Å². The average Bonchev–Trinajstić information content (AvgIpc) is 2.46. The molecule has 2 N–H and O–H groups in total. The van der Waals surface area contributed by atoms with Gasteiger partial charge in [0.05, 0.1) is 38.2 Å². The van der Waals surface area contributed by atoms with Crippen LogP contribution in [-0.4, -0.2) is 53.0 Å². The third kappa shape index (κ3) is 6.67. The molecule has 8 heteroatoms. The Morgan fingerprint density at radius 3 is 2.76 bits per heavy atom. The van der Waals surface area contributed by atoms with E-state index in [4.69, 9.17) is 9.84 Å². The first kappa shape index (κ1) is 17.6. The molecule has 0 heterocycles. The van der Waals surface area contributed by atoms with E-state index < -0.39 is 16.0 Å². The van der Waals surface area contributed by atoms with Crippen molar-refractivity contribution in [1.82, 2.24) is 4.72 Å². The Kier molecular flexibility index (Phi) is 7.30. The van der Waals surface area contributed by atoms with Gasteiger partial charge in [-0.2, -0.15) is 0 Å². The van der Waals surface area contributed by atoms with Crippen molar-refractivity contribution in [2.45, 2.75) is 5.75 Å². The second-order valence-electron chi connectivity index (χ2n) is 4.18. The number of nitrogens with one attached hydrogen (secondary N) is 1. The minimum Gasteiger partial charge on any atom is -0.465 e. The zero-order valence-electron chi connectivity index (χ0n) is 11.7. The summed E-state index contributed by atoms with van der Waals surface area (Å²) in [7, 11) is -2.25. The molecule has 0 spiro atoms. The lowest BCUT2D eigenvalue weighted by Gasteiger charge is -2.08. The van der Waals surface area contributed by atoms with Gasteiger partial charge in [-0.05, 0) is 17.7 Å². The summed E-state index contributed by atoms with van der Waals surface area (Å²) in [5.74, 6) is -0.753. The molecule has 0 saturated carbocycles. The monoisotopic (exact) mass is 317 g/mol. The lowest BCUT2D eigenvalue weighted by molar-refractivity contribution is 0.0600. The zero-order chi connectivity index (χ0) is 15.7.